The monoisotopic (exact) mass is 266 g/mol. The third-order valence-corrected chi connectivity index (χ3v) is 2.38. The molecule has 1 aromatic rings. The number of aromatic hydroxyl groups is 1. The number of hydrogen-bond acceptors (Lipinski definition) is 4. The first kappa shape index (κ1) is 15.5. The van der Waals surface area contributed by atoms with Crippen LogP contribution < -0.4 is 0 Å². The minimum Gasteiger partial charge on any atom is -0.508 e. The molecule has 1 N–H and O–H groups in total. The molecule has 0 aliphatic rings. The number of benzene rings is 1. The summed E-state index contributed by atoms with van der Waals surface area (Å²) in [6.45, 7) is 7.76. The topological polar surface area (TPSA) is 55.8 Å². The smallest absolute Gasteiger partial charge is 0.335 e. The summed E-state index contributed by atoms with van der Waals surface area (Å²) >= 11 is 0. The van der Waals surface area contributed by atoms with Crippen molar-refractivity contribution in [2.45, 2.75) is 45.8 Å². The lowest BCUT2D eigenvalue weighted by Crippen LogP contribution is -2.36. The summed E-state index contributed by atoms with van der Waals surface area (Å²) in [5.74, 6) is -0.198. The number of hydrogen-bond donors (Lipinski definition) is 1. The van der Waals surface area contributed by atoms with Crippen LogP contribution in [0.2, 0.25) is 0 Å². The van der Waals surface area contributed by atoms with Crippen LogP contribution in [0.3, 0.4) is 0 Å². The van der Waals surface area contributed by atoms with Crippen LogP contribution in [0.1, 0.15) is 33.3 Å². The van der Waals surface area contributed by atoms with E-state index in [4.69, 9.17) is 9.47 Å². The van der Waals surface area contributed by atoms with E-state index in [0.717, 1.165) is 5.56 Å². The van der Waals surface area contributed by atoms with E-state index in [0.29, 0.717) is 13.0 Å². The van der Waals surface area contributed by atoms with E-state index < -0.39 is 11.7 Å². The van der Waals surface area contributed by atoms with E-state index in [1.165, 1.54) is 0 Å². The second-order valence-corrected chi connectivity index (χ2v) is 5.34. The fourth-order valence-corrected chi connectivity index (χ4v) is 1.73. The van der Waals surface area contributed by atoms with Gasteiger partial charge in [0.05, 0.1) is 12.2 Å². The van der Waals surface area contributed by atoms with Crippen molar-refractivity contribution in [2.24, 2.45) is 0 Å². The molecule has 0 aliphatic heterocycles. The summed E-state index contributed by atoms with van der Waals surface area (Å²) < 4.78 is 10.8. The van der Waals surface area contributed by atoms with Crippen molar-refractivity contribution in [2.75, 3.05) is 6.61 Å². The number of phenolic OH excluding ortho intramolecular Hbond substituents is 1. The van der Waals surface area contributed by atoms with Gasteiger partial charge in [-0.25, -0.2) is 4.79 Å². The number of phenols is 1. The highest BCUT2D eigenvalue weighted by Gasteiger charge is 2.26. The van der Waals surface area contributed by atoms with Crippen molar-refractivity contribution in [3.05, 3.63) is 29.8 Å². The van der Waals surface area contributed by atoms with Gasteiger partial charge in [-0.05, 0) is 45.4 Å². The molecular weight excluding hydrogens is 244 g/mol. The van der Waals surface area contributed by atoms with Crippen molar-refractivity contribution < 1.29 is 19.4 Å². The Bertz CT molecular complexity index is 420. The van der Waals surface area contributed by atoms with Gasteiger partial charge >= 0.3 is 5.97 Å². The molecule has 0 radical (unpaired) electrons. The zero-order chi connectivity index (χ0) is 14.5. The molecule has 1 unspecified atom stereocenters. The summed E-state index contributed by atoms with van der Waals surface area (Å²) in [5, 5.41) is 9.44. The minimum atomic E-state index is -0.665. The third kappa shape index (κ3) is 5.75. The predicted molar refractivity (Wildman–Crippen MR) is 73.1 cm³/mol. The second-order valence-electron chi connectivity index (χ2n) is 5.34. The van der Waals surface area contributed by atoms with E-state index in [-0.39, 0.29) is 11.7 Å². The van der Waals surface area contributed by atoms with Crippen molar-refractivity contribution in [1.82, 2.24) is 0 Å². The molecule has 106 valence electrons. The lowest BCUT2D eigenvalue weighted by Gasteiger charge is -2.26. The van der Waals surface area contributed by atoms with Gasteiger partial charge in [0, 0.05) is 6.42 Å². The largest absolute Gasteiger partial charge is 0.508 e. The van der Waals surface area contributed by atoms with Crippen molar-refractivity contribution in [3.63, 3.8) is 0 Å². The molecule has 0 spiro atoms. The van der Waals surface area contributed by atoms with Gasteiger partial charge in [0.2, 0.25) is 0 Å². The average molecular weight is 266 g/mol. The van der Waals surface area contributed by atoms with Crippen molar-refractivity contribution in [1.29, 1.82) is 0 Å². The molecule has 0 saturated heterocycles. The fourth-order valence-electron chi connectivity index (χ4n) is 1.73. The summed E-state index contributed by atoms with van der Waals surface area (Å²) in [6.07, 6.45) is -0.286. The van der Waals surface area contributed by atoms with Crippen molar-refractivity contribution in [3.8, 4) is 5.75 Å². The first-order valence-electron chi connectivity index (χ1n) is 6.44. The molecule has 1 rings (SSSR count). The van der Waals surface area contributed by atoms with Crippen LogP contribution in [0, 0.1) is 0 Å². The molecule has 0 aliphatic carbocycles. The number of rotatable bonds is 5. The maximum atomic E-state index is 11.9. The van der Waals surface area contributed by atoms with Gasteiger partial charge in [0.25, 0.3) is 0 Å². The highest BCUT2D eigenvalue weighted by Crippen LogP contribution is 2.18. The van der Waals surface area contributed by atoms with Gasteiger partial charge in [-0.3, -0.25) is 0 Å². The third-order valence-electron chi connectivity index (χ3n) is 2.38. The van der Waals surface area contributed by atoms with Gasteiger partial charge < -0.3 is 14.6 Å². The van der Waals surface area contributed by atoms with E-state index >= 15 is 0 Å². The second kappa shape index (κ2) is 6.57. The molecule has 1 atom stereocenters. The van der Waals surface area contributed by atoms with Crippen molar-refractivity contribution >= 4 is 5.97 Å². The van der Waals surface area contributed by atoms with Gasteiger partial charge in [-0.1, -0.05) is 12.1 Å². The minimum absolute atomic E-state index is 0.177. The number of carbonyl (C=O) groups is 1. The molecule has 0 aromatic heterocycles. The maximum Gasteiger partial charge on any atom is 0.335 e. The summed E-state index contributed by atoms with van der Waals surface area (Å²) in [7, 11) is 0. The van der Waals surface area contributed by atoms with Gasteiger partial charge in [0.1, 0.15) is 5.75 Å². The van der Waals surface area contributed by atoms with Gasteiger partial charge in [-0.2, -0.15) is 0 Å². The van der Waals surface area contributed by atoms with E-state index in [1.807, 2.05) is 26.8 Å². The highest BCUT2D eigenvalue weighted by molar-refractivity contribution is 5.75. The Hall–Kier alpha value is -1.55. The maximum absolute atomic E-state index is 11.9. The SMILES string of the molecule is CCOC(=O)C(Cc1cccc(O)c1)OC(C)(C)C. The normalized spacial score (nSPS) is 13.1. The Morgan fingerprint density at radius 3 is 2.58 bits per heavy atom. The van der Waals surface area contributed by atoms with E-state index in [2.05, 4.69) is 0 Å². The van der Waals surface area contributed by atoms with Crippen LogP contribution in [0.5, 0.6) is 5.75 Å². The molecule has 0 amide bonds. The standard InChI is InChI=1S/C15H22O4/c1-5-18-14(17)13(19-15(2,3)4)10-11-7-6-8-12(16)9-11/h6-9,13,16H,5,10H2,1-4H3. The van der Waals surface area contributed by atoms with Crippen LogP contribution in [0.15, 0.2) is 24.3 Å². The molecular formula is C15H22O4. The number of carbonyl (C=O) groups excluding carboxylic acids is 1. The molecule has 0 saturated carbocycles. The molecule has 4 heteroatoms. The Balaban J connectivity index is 2.82. The zero-order valence-corrected chi connectivity index (χ0v) is 12.0. The molecule has 0 bridgehead atoms. The predicted octanol–water partition coefficient (Wildman–Crippen LogP) is 2.68. The lowest BCUT2D eigenvalue weighted by molar-refractivity contribution is -0.165. The first-order chi connectivity index (χ1) is 8.81. The summed E-state index contributed by atoms with van der Waals surface area (Å²) in [6, 6.07) is 6.80. The molecule has 1 aromatic carbocycles. The number of esters is 1. The van der Waals surface area contributed by atoms with Crippen LogP contribution >= 0.6 is 0 Å². The van der Waals surface area contributed by atoms with Crippen LogP contribution in [-0.4, -0.2) is 29.4 Å². The Kier molecular flexibility index (Phi) is 5.36. The summed E-state index contributed by atoms with van der Waals surface area (Å²) in [4.78, 5) is 11.9. The summed E-state index contributed by atoms with van der Waals surface area (Å²) in [5.41, 5.74) is 0.399. The quantitative estimate of drug-likeness (QED) is 0.832. The Labute approximate surface area is 114 Å². The molecule has 19 heavy (non-hydrogen) atoms. The lowest BCUT2D eigenvalue weighted by atomic mass is 10.1. The highest BCUT2D eigenvalue weighted by atomic mass is 16.6. The van der Waals surface area contributed by atoms with E-state index in [9.17, 15) is 9.90 Å². The molecule has 0 heterocycles. The Morgan fingerprint density at radius 1 is 1.37 bits per heavy atom. The Morgan fingerprint density at radius 2 is 2.05 bits per heavy atom. The average Bonchev–Trinajstić information content (AvgIpc) is 2.26. The van der Waals surface area contributed by atoms with Crippen LogP contribution in [0.25, 0.3) is 0 Å². The zero-order valence-electron chi connectivity index (χ0n) is 12.0. The van der Waals surface area contributed by atoms with E-state index in [1.54, 1.807) is 25.1 Å². The van der Waals surface area contributed by atoms with Crippen LogP contribution in [-0.2, 0) is 20.7 Å². The fraction of sp³-hybridized carbons (Fsp3) is 0.533. The van der Waals surface area contributed by atoms with Gasteiger partial charge in [-0.15, -0.1) is 0 Å². The first-order valence-corrected chi connectivity index (χ1v) is 6.44. The molecule has 0 fully saturated rings. The number of ether oxygens (including phenoxy) is 2. The molecule has 4 nitrogen and oxygen atoms in total. The van der Waals surface area contributed by atoms with Crippen LogP contribution in [0.4, 0.5) is 0 Å². The van der Waals surface area contributed by atoms with Gasteiger partial charge in [0.15, 0.2) is 6.10 Å².